The number of unbranched alkanes of at least 4 members (excludes halogenated alkanes) is 1. The van der Waals surface area contributed by atoms with E-state index in [1.165, 1.54) is 24.3 Å². The summed E-state index contributed by atoms with van der Waals surface area (Å²) in [5.41, 5.74) is 0. The van der Waals surface area contributed by atoms with Crippen molar-refractivity contribution < 1.29 is 37.2 Å². The van der Waals surface area contributed by atoms with Gasteiger partial charge < -0.3 is 18.5 Å². The number of hydrogen-bond acceptors (Lipinski definition) is 8. The van der Waals surface area contributed by atoms with Gasteiger partial charge in [0.15, 0.2) is 23.0 Å². The molecule has 0 atom stereocenters. The van der Waals surface area contributed by atoms with E-state index in [2.05, 4.69) is 13.2 Å². The Labute approximate surface area is 180 Å². The zero-order valence-corrected chi connectivity index (χ0v) is 17.9. The number of carbonyl (C=O) groups excluding carboxylic acids is 2. The third kappa shape index (κ3) is 7.44. The van der Waals surface area contributed by atoms with Crippen molar-refractivity contribution in [3.63, 3.8) is 0 Å². The number of hydrogen-bond donors (Lipinski definition) is 0. The molecule has 164 valence electrons. The normalized spacial score (nSPS) is 10.6. The Hall–Kier alpha value is -3.35. The molecule has 0 amide bonds. The molecule has 2 aromatic carbocycles. The van der Waals surface area contributed by atoms with Gasteiger partial charge in [-0.2, -0.15) is 0 Å². The Bertz CT molecular complexity index is 913. The van der Waals surface area contributed by atoms with Crippen LogP contribution in [0.25, 0.3) is 0 Å². The van der Waals surface area contributed by atoms with Crippen molar-refractivity contribution in [2.24, 2.45) is 0 Å². The Kier molecular flexibility index (Phi) is 9.06. The second-order valence-electron chi connectivity index (χ2n) is 5.96. The number of para-hydroxylation sites is 4. The Balaban J connectivity index is 2.35. The van der Waals surface area contributed by atoms with Crippen molar-refractivity contribution in [1.29, 1.82) is 0 Å². The molecule has 0 aromatic heterocycles. The predicted molar refractivity (Wildman–Crippen MR) is 114 cm³/mol. The van der Waals surface area contributed by atoms with Crippen LogP contribution in [-0.2, 0) is 18.7 Å². The summed E-state index contributed by atoms with van der Waals surface area (Å²) < 4.78 is 40.2. The average Bonchev–Trinajstić information content (AvgIpc) is 2.76. The Morgan fingerprint density at radius 1 is 0.839 bits per heavy atom. The highest BCUT2D eigenvalue weighted by atomic mass is 31.2. The summed E-state index contributed by atoms with van der Waals surface area (Å²) in [6, 6.07) is 12.2. The van der Waals surface area contributed by atoms with E-state index in [9.17, 15) is 14.2 Å². The molecule has 0 unspecified atom stereocenters. The predicted octanol–water partition coefficient (Wildman–Crippen LogP) is 5.25. The SMILES string of the molecule is C=CC(=O)Oc1ccccc1OP(=O)(OCCCC)Oc1ccccc1OC(=O)C=C. The molecule has 31 heavy (non-hydrogen) atoms. The minimum Gasteiger partial charge on any atom is -0.419 e. The van der Waals surface area contributed by atoms with Crippen LogP contribution in [0.15, 0.2) is 73.8 Å². The van der Waals surface area contributed by atoms with Crippen LogP contribution in [0.2, 0.25) is 0 Å². The molecule has 9 heteroatoms. The topological polar surface area (TPSA) is 97.4 Å². The van der Waals surface area contributed by atoms with Gasteiger partial charge in [-0.25, -0.2) is 14.2 Å². The third-order valence-corrected chi connectivity index (χ3v) is 4.96. The number of benzene rings is 2. The van der Waals surface area contributed by atoms with Gasteiger partial charge in [0.05, 0.1) is 6.61 Å². The van der Waals surface area contributed by atoms with Gasteiger partial charge in [0, 0.05) is 12.2 Å². The maximum Gasteiger partial charge on any atom is 0.587 e. The van der Waals surface area contributed by atoms with E-state index in [-0.39, 0.29) is 29.6 Å². The lowest BCUT2D eigenvalue weighted by molar-refractivity contribution is -0.129. The maximum atomic E-state index is 13.5. The van der Waals surface area contributed by atoms with E-state index in [0.717, 1.165) is 18.6 Å². The van der Waals surface area contributed by atoms with Gasteiger partial charge in [0.25, 0.3) is 0 Å². The number of carbonyl (C=O) groups is 2. The van der Waals surface area contributed by atoms with Crippen molar-refractivity contribution in [1.82, 2.24) is 0 Å². The molecule has 8 nitrogen and oxygen atoms in total. The number of ether oxygens (including phenoxy) is 2. The molecule has 0 radical (unpaired) electrons. The van der Waals surface area contributed by atoms with Crippen LogP contribution >= 0.6 is 7.82 Å². The number of phosphoric acid groups is 1. The van der Waals surface area contributed by atoms with Crippen LogP contribution < -0.4 is 18.5 Å². The van der Waals surface area contributed by atoms with Crippen molar-refractivity contribution in [2.75, 3.05) is 6.61 Å². The van der Waals surface area contributed by atoms with E-state index in [0.29, 0.717) is 6.42 Å². The second-order valence-corrected chi connectivity index (χ2v) is 7.48. The molecular formula is C22H23O8P. The second kappa shape index (κ2) is 11.7. The van der Waals surface area contributed by atoms with Gasteiger partial charge in [-0.1, -0.05) is 50.8 Å². The van der Waals surface area contributed by atoms with Gasteiger partial charge in [-0.15, -0.1) is 0 Å². The summed E-state index contributed by atoms with van der Waals surface area (Å²) in [4.78, 5) is 23.2. The van der Waals surface area contributed by atoms with Gasteiger partial charge in [0.2, 0.25) is 0 Å². The molecule has 2 aromatic rings. The first-order valence-corrected chi connectivity index (χ1v) is 10.9. The fourth-order valence-electron chi connectivity index (χ4n) is 2.15. The van der Waals surface area contributed by atoms with Crippen molar-refractivity contribution in [2.45, 2.75) is 19.8 Å². The number of esters is 2. The van der Waals surface area contributed by atoms with Gasteiger partial charge in [-0.05, 0) is 30.7 Å². The molecule has 0 saturated carbocycles. The number of rotatable bonds is 12. The first-order chi connectivity index (χ1) is 14.9. The van der Waals surface area contributed by atoms with Crippen LogP contribution in [0.5, 0.6) is 23.0 Å². The zero-order valence-electron chi connectivity index (χ0n) is 17.0. The monoisotopic (exact) mass is 446 g/mol. The molecule has 0 heterocycles. The van der Waals surface area contributed by atoms with E-state index >= 15 is 0 Å². The Morgan fingerprint density at radius 3 is 1.65 bits per heavy atom. The highest BCUT2D eigenvalue weighted by molar-refractivity contribution is 7.49. The molecule has 0 fully saturated rings. The molecule has 0 spiro atoms. The fourth-order valence-corrected chi connectivity index (χ4v) is 3.43. The largest absolute Gasteiger partial charge is 0.587 e. The highest BCUT2D eigenvalue weighted by Crippen LogP contribution is 2.53. The van der Waals surface area contributed by atoms with Gasteiger partial charge >= 0.3 is 19.8 Å². The van der Waals surface area contributed by atoms with Gasteiger partial charge in [-0.3, -0.25) is 4.52 Å². The van der Waals surface area contributed by atoms with Crippen molar-refractivity contribution in [3.8, 4) is 23.0 Å². The van der Waals surface area contributed by atoms with Gasteiger partial charge in [0.1, 0.15) is 0 Å². The van der Waals surface area contributed by atoms with E-state index in [4.69, 9.17) is 23.0 Å². The lowest BCUT2D eigenvalue weighted by atomic mass is 10.3. The molecule has 0 aliphatic heterocycles. The first kappa shape index (κ1) is 23.9. The third-order valence-electron chi connectivity index (χ3n) is 3.62. The summed E-state index contributed by atoms with van der Waals surface area (Å²) in [6.07, 6.45) is 3.33. The lowest BCUT2D eigenvalue weighted by Crippen LogP contribution is -2.10. The van der Waals surface area contributed by atoms with Crippen LogP contribution in [0, 0.1) is 0 Å². The Morgan fingerprint density at radius 2 is 1.26 bits per heavy atom. The molecular weight excluding hydrogens is 423 g/mol. The minimum atomic E-state index is -4.28. The van der Waals surface area contributed by atoms with Crippen molar-refractivity contribution in [3.05, 3.63) is 73.8 Å². The van der Waals surface area contributed by atoms with Crippen LogP contribution in [0.3, 0.4) is 0 Å². The van der Waals surface area contributed by atoms with Crippen molar-refractivity contribution >= 4 is 19.8 Å². The fraction of sp³-hybridized carbons (Fsp3) is 0.182. The smallest absolute Gasteiger partial charge is 0.419 e. The molecule has 0 bridgehead atoms. The summed E-state index contributed by atoms with van der Waals surface area (Å²) in [5, 5.41) is 0. The highest BCUT2D eigenvalue weighted by Gasteiger charge is 2.33. The summed E-state index contributed by atoms with van der Waals surface area (Å²) in [7, 11) is -4.28. The standard InChI is InChI=1S/C22H23O8P/c1-4-7-16-26-31(25,29-19-14-10-8-12-17(19)27-21(23)5-2)30-20-15-11-9-13-18(20)28-22(24)6-3/h5-6,8-15H,2-4,7,16H2,1H3. The first-order valence-electron chi connectivity index (χ1n) is 9.41. The summed E-state index contributed by atoms with van der Waals surface area (Å²) in [6.45, 7) is 8.69. The zero-order chi connectivity index (χ0) is 22.7. The van der Waals surface area contributed by atoms with Crippen LogP contribution in [0.1, 0.15) is 19.8 Å². The summed E-state index contributed by atoms with van der Waals surface area (Å²) in [5.74, 6) is -1.53. The molecule has 0 aliphatic carbocycles. The van der Waals surface area contributed by atoms with E-state index in [1.54, 1.807) is 24.3 Å². The quantitative estimate of drug-likeness (QED) is 0.143. The van der Waals surface area contributed by atoms with E-state index in [1.807, 2.05) is 6.92 Å². The minimum absolute atomic E-state index is 0.00156. The van der Waals surface area contributed by atoms with E-state index < -0.39 is 19.8 Å². The molecule has 0 N–H and O–H groups in total. The number of phosphoric ester groups is 1. The average molecular weight is 446 g/mol. The van der Waals surface area contributed by atoms with Crippen LogP contribution in [0.4, 0.5) is 0 Å². The molecule has 0 saturated heterocycles. The molecule has 2 rings (SSSR count). The summed E-state index contributed by atoms with van der Waals surface area (Å²) >= 11 is 0. The molecule has 0 aliphatic rings. The van der Waals surface area contributed by atoms with Crippen LogP contribution in [-0.4, -0.2) is 18.5 Å². The maximum absolute atomic E-state index is 13.5. The lowest BCUT2D eigenvalue weighted by Gasteiger charge is -2.21.